The molecule has 0 aliphatic heterocycles. The molecule has 0 saturated carbocycles. The SMILES string of the molecule is CC(C)(C)NC(N)=[NH+]Cc1cccc(C(N)=O)c1.O=C([O-])C(F)(F)F. The highest BCUT2D eigenvalue weighted by molar-refractivity contribution is 5.92. The lowest BCUT2D eigenvalue weighted by molar-refractivity contribution is -0.478. The van der Waals surface area contributed by atoms with Crippen molar-refractivity contribution in [3.05, 3.63) is 35.4 Å². The molecule has 6 N–H and O–H groups in total. The molecule has 1 aromatic carbocycles. The average molecular weight is 362 g/mol. The number of amides is 1. The molecule has 0 fully saturated rings. The summed E-state index contributed by atoms with van der Waals surface area (Å²) in [7, 11) is 0. The molecule has 7 nitrogen and oxygen atoms in total. The quantitative estimate of drug-likeness (QED) is 0.378. The van der Waals surface area contributed by atoms with Gasteiger partial charge in [0.05, 0.1) is 12.1 Å². The van der Waals surface area contributed by atoms with Gasteiger partial charge in [0.15, 0.2) is 0 Å². The van der Waals surface area contributed by atoms with E-state index in [4.69, 9.17) is 21.4 Å². The molecule has 0 unspecified atom stereocenters. The van der Waals surface area contributed by atoms with E-state index < -0.39 is 18.1 Å². The molecule has 25 heavy (non-hydrogen) atoms. The van der Waals surface area contributed by atoms with E-state index in [1.807, 2.05) is 26.8 Å². The Balaban J connectivity index is 0.000000697. The third kappa shape index (κ3) is 10.6. The normalized spacial score (nSPS) is 12.0. The molecule has 0 atom stereocenters. The summed E-state index contributed by atoms with van der Waals surface area (Å²) in [5.41, 5.74) is 12.4. The van der Waals surface area contributed by atoms with E-state index >= 15 is 0 Å². The lowest BCUT2D eigenvalue weighted by atomic mass is 10.1. The predicted molar refractivity (Wildman–Crippen MR) is 82.8 cm³/mol. The van der Waals surface area contributed by atoms with Crippen LogP contribution in [0.3, 0.4) is 0 Å². The van der Waals surface area contributed by atoms with Crippen molar-refractivity contribution in [2.75, 3.05) is 0 Å². The summed E-state index contributed by atoms with van der Waals surface area (Å²) in [5.74, 6) is -2.93. The molecular formula is C15H21F3N4O3. The van der Waals surface area contributed by atoms with Crippen molar-refractivity contribution in [1.29, 1.82) is 0 Å². The van der Waals surface area contributed by atoms with Gasteiger partial charge >= 0.3 is 12.1 Å². The fraction of sp³-hybridized carbons (Fsp3) is 0.400. The van der Waals surface area contributed by atoms with E-state index in [1.54, 1.807) is 18.2 Å². The van der Waals surface area contributed by atoms with Gasteiger partial charge in [0.25, 0.3) is 0 Å². The lowest BCUT2D eigenvalue weighted by Crippen LogP contribution is -2.78. The summed E-state index contributed by atoms with van der Waals surface area (Å²) in [4.78, 5) is 22.9. The van der Waals surface area contributed by atoms with Crippen LogP contribution in [-0.4, -0.2) is 29.6 Å². The molecule has 0 saturated heterocycles. The van der Waals surface area contributed by atoms with Crippen molar-refractivity contribution in [3.63, 3.8) is 0 Å². The van der Waals surface area contributed by atoms with Crippen molar-refractivity contribution in [1.82, 2.24) is 5.32 Å². The first-order chi connectivity index (χ1) is 11.2. The predicted octanol–water partition coefficient (Wildman–Crippen LogP) is -1.63. The molecule has 0 aromatic heterocycles. The molecule has 0 heterocycles. The Kier molecular flexibility index (Phi) is 7.91. The number of benzene rings is 1. The van der Waals surface area contributed by atoms with Crippen LogP contribution in [0.1, 0.15) is 36.7 Å². The van der Waals surface area contributed by atoms with Crippen LogP contribution in [0, 0.1) is 0 Å². The molecule has 0 bridgehead atoms. The Labute approximate surface area is 142 Å². The molecule has 1 amide bonds. The first-order valence-electron chi connectivity index (χ1n) is 7.04. The third-order valence-electron chi connectivity index (χ3n) is 2.44. The van der Waals surface area contributed by atoms with E-state index in [-0.39, 0.29) is 5.54 Å². The molecule has 140 valence electrons. The summed E-state index contributed by atoms with van der Waals surface area (Å²) in [6.45, 7) is 6.61. The summed E-state index contributed by atoms with van der Waals surface area (Å²) in [6.07, 6.45) is -5.19. The van der Waals surface area contributed by atoms with Gasteiger partial charge in [0.2, 0.25) is 5.91 Å². The van der Waals surface area contributed by atoms with Crippen LogP contribution in [0.5, 0.6) is 0 Å². The van der Waals surface area contributed by atoms with Gasteiger partial charge in [-0.3, -0.25) is 20.8 Å². The van der Waals surface area contributed by atoms with Gasteiger partial charge in [-0.15, -0.1) is 0 Å². The zero-order valence-corrected chi connectivity index (χ0v) is 14.0. The third-order valence-corrected chi connectivity index (χ3v) is 2.44. The standard InChI is InChI=1S/C13H20N4O.C2HF3O2/c1-13(2,3)17-12(15)16-8-9-5-4-6-10(7-9)11(14)18;3-2(4,5)1(6)7/h4-7H,8H2,1-3H3,(H2,14,18)(H3,15,16,17);(H,6,7). The Hall–Kier alpha value is -2.78. The zero-order chi connectivity index (χ0) is 19.8. The largest absolute Gasteiger partial charge is 0.542 e. The van der Waals surface area contributed by atoms with Crippen LogP contribution in [0.15, 0.2) is 24.3 Å². The summed E-state index contributed by atoms with van der Waals surface area (Å²) in [6, 6.07) is 7.14. The van der Waals surface area contributed by atoms with E-state index in [0.29, 0.717) is 18.1 Å². The number of alkyl halides is 3. The van der Waals surface area contributed by atoms with E-state index in [9.17, 15) is 18.0 Å². The van der Waals surface area contributed by atoms with Crippen molar-refractivity contribution >= 4 is 17.8 Å². The number of nitrogens with one attached hydrogen (secondary N) is 2. The monoisotopic (exact) mass is 362 g/mol. The molecule has 0 spiro atoms. The summed E-state index contributed by atoms with van der Waals surface area (Å²) < 4.78 is 31.5. The highest BCUT2D eigenvalue weighted by atomic mass is 19.4. The molecule has 0 aliphatic rings. The Morgan fingerprint density at radius 3 is 2.12 bits per heavy atom. The number of aliphatic carboxylic acids is 1. The van der Waals surface area contributed by atoms with Crippen LogP contribution < -0.4 is 26.9 Å². The molecule has 0 aliphatic carbocycles. The number of carbonyl (C=O) groups excluding carboxylic acids is 2. The number of carboxylic acid groups (broad SMARTS) is 1. The van der Waals surface area contributed by atoms with Gasteiger partial charge in [-0.1, -0.05) is 12.1 Å². The van der Waals surface area contributed by atoms with Crippen LogP contribution in [-0.2, 0) is 11.3 Å². The Morgan fingerprint density at radius 2 is 1.72 bits per heavy atom. The van der Waals surface area contributed by atoms with E-state index in [1.165, 1.54) is 0 Å². The fourth-order valence-electron chi connectivity index (χ4n) is 1.48. The summed E-state index contributed by atoms with van der Waals surface area (Å²) in [5, 5.41) is 11.9. The molecular weight excluding hydrogens is 341 g/mol. The highest BCUT2D eigenvalue weighted by Crippen LogP contribution is 2.11. The lowest BCUT2D eigenvalue weighted by Gasteiger charge is -2.15. The molecule has 0 radical (unpaired) electrons. The maximum atomic E-state index is 11.0. The van der Waals surface area contributed by atoms with Crippen molar-refractivity contribution in [2.45, 2.75) is 39.0 Å². The minimum absolute atomic E-state index is 0.0911. The van der Waals surface area contributed by atoms with Crippen molar-refractivity contribution in [3.8, 4) is 0 Å². The van der Waals surface area contributed by atoms with Gasteiger partial charge in [-0.05, 0) is 38.5 Å². The number of rotatable bonds is 3. The number of guanidine groups is 1. The van der Waals surface area contributed by atoms with Crippen molar-refractivity contribution < 1.29 is 32.9 Å². The van der Waals surface area contributed by atoms with Gasteiger partial charge < -0.3 is 15.6 Å². The Bertz CT molecular complexity index is 638. The van der Waals surface area contributed by atoms with Gasteiger partial charge in [0, 0.05) is 5.56 Å². The topological polar surface area (TPSA) is 135 Å². The van der Waals surface area contributed by atoms with Gasteiger partial charge in [-0.2, -0.15) is 13.2 Å². The minimum atomic E-state index is -5.19. The highest BCUT2D eigenvalue weighted by Gasteiger charge is 2.28. The number of hydrogen-bond donors (Lipinski definition) is 4. The average Bonchev–Trinajstić information content (AvgIpc) is 2.43. The van der Waals surface area contributed by atoms with Gasteiger partial charge in [0.1, 0.15) is 5.97 Å². The first-order valence-corrected chi connectivity index (χ1v) is 7.04. The second-order valence-electron chi connectivity index (χ2n) is 5.99. The number of hydrogen-bond acceptors (Lipinski definition) is 3. The number of carboxylic acids is 1. The fourth-order valence-corrected chi connectivity index (χ4v) is 1.48. The summed E-state index contributed by atoms with van der Waals surface area (Å²) >= 11 is 0. The second kappa shape index (κ2) is 8.90. The van der Waals surface area contributed by atoms with Crippen LogP contribution in [0.2, 0.25) is 0 Å². The molecule has 1 aromatic rings. The van der Waals surface area contributed by atoms with E-state index in [2.05, 4.69) is 10.3 Å². The maximum Gasteiger partial charge on any atom is 0.430 e. The number of carbonyl (C=O) groups is 2. The Morgan fingerprint density at radius 1 is 1.20 bits per heavy atom. The van der Waals surface area contributed by atoms with E-state index in [0.717, 1.165) is 5.56 Å². The molecule has 10 heteroatoms. The number of halogens is 3. The van der Waals surface area contributed by atoms with Crippen LogP contribution in [0.25, 0.3) is 0 Å². The number of primary amides is 1. The van der Waals surface area contributed by atoms with Crippen LogP contribution in [0.4, 0.5) is 13.2 Å². The van der Waals surface area contributed by atoms with Crippen LogP contribution >= 0.6 is 0 Å². The maximum absolute atomic E-state index is 11.0. The second-order valence-corrected chi connectivity index (χ2v) is 5.99. The number of nitrogens with two attached hydrogens (primary N) is 2. The smallest absolute Gasteiger partial charge is 0.430 e. The van der Waals surface area contributed by atoms with Gasteiger partial charge in [-0.25, -0.2) is 0 Å². The molecule has 1 rings (SSSR count). The first kappa shape index (κ1) is 22.2. The minimum Gasteiger partial charge on any atom is -0.542 e. The van der Waals surface area contributed by atoms with Crippen molar-refractivity contribution in [2.24, 2.45) is 11.5 Å². The zero-order valence-electron chi connectivity index (χ0n) is 14.0.